The molecule has 0 atom stereocenters. The van der Waals surface area contributed by atoms with Crippen LogP contribution in [0.1, 0.15) is 5.56 Å². The van der Waals surface area contributed by atoms with E-state index in [0.29, 0.717) is 0 Å². The number of hydrogen-bond donors (Lipinski definition) is 0. The van der Waals surface area contributed by atoms with Crippen LogP contribution < -0.4 is 0 Å². The van der Waals surface area contributed by atoms with Crippen LogP contribution in [0, 0.1) is 11.6 Å². The molecule has 0 aliphatic rings. The molecule has 6 heteroatoms. The van der Waals surface area contributed by atoms with E-state index in [2.05, 4.69) is 26.0 Å². The quantitative estimate of drug-likeness (QED) is 0.345. The molecule has 15 heavy (non-hydrogen) atoms. The van der Waals surface area contributed by atoms with Crippen LogP contribution in [0.2, 0.25) is 0 Å². The number of nitrogens with zero attached hydrogens (tertiary/aromatic N) is 3. The number of halogens is 3. The molecule has 0 N–H and O–H groups in total. The number of hydrogen-bond acceptors (Lipinski definition) is 1. The minimum absolute atomic E-state index is 0.0761. The van der Waals surface area contributed by atoms with Crippen LogP contribution in [-0.2, 0) is 0 Å². The van der Waals surface area contributed by atoms with E-state index in [-0.39, 0.29) is 16.6 Å². The smallest absolute Gasteiger partial charge is 0.138 e. The van der Waals surface area contributed by atoms with Gasteiger partial charge in [-0.05, 0) is 33.6 Å². The van der Waals surface area contributed by atoms with Crippen LogP contribution >= 0.6 is 15.9 Å². The van der Waals surface area contributed by atoms with Gasteiger partial charge >= 0.3 is 0 Å². The maximum atomic E-state index is 13.2. The molecule has 0 aliphatic heterocycles. The van der Waals surface area contributed by atoms with Crippen LogP contribution in [0.5, 0.6) is 0 Å². The Morgan fingerprint density at radius 2 is 2.13 bits per heavy atom. The van der Waals surface area contributed by atoms with Crippen molar-refractivity contribution >= 4 is 22.0 Å². The van der Waals surface area contributed by atoms with Crippen molar-refractivity contribution in [1.29, 1.82) is 0 Å². The lowest BCUT2D eigenvalue weighted by Gasteiger charge is -1.99. The second kappa shape index (κ2) is 5.48. The van der Waals surface area contributed by atoms with E-state index in [9.17, 15) is 8.78 Å². The molecule has 0 spiro atoms. The van der Waals surface area contributed by atoms with Crippen LogP contribution in [0.15, 0.2) is 27.8 Å². The Balaban J connectivity index is 2.90. The van der Waals surface area contributed by atoms with Crippen molar-refractivity contribution in [1.82, 2.24) is 0 Å². The van der Waals surface area contributed by atoms with E-state index < -0.39 is 11.6 Å². The van der Waals surface area contributed by atoms with Crippen LogP contribution in [0.3, 0.4) is 0 Å². The normalized spacial score (nSPS) is 10.3. The van der Waals surface area contributed by atoms with Gasteiger partial charge in [-0.15, -0.1) is 0 Å². The molecule has 0 aliphatic carbocycles. The summed E-state index contributed by atoms with van der Waals surface area (Å²) in [5.74, 6) is -1.08. The van der Waals surface area contributed by atoms with Gasteiger partial charge in [0.15, 0.2) is 0 Å². The first kappa shape index (κ1) is 11.7. The molecule has 1 aromatic rings. The molecule has 1 rings (SSSR count). The first-order valence-electron chi connectivity index (χ1n) is 3.97. The Morgan fingerprint density at radius 1 is 1.40 bits per heavy atom. The topological polar surface area (TPSA) is 48.8 Å². The van der Waals surface area contributed by atoms with Gasteiger partial charge in [0.05, 0.1) is 4.47 Å². The third-order valence-corrected chi connectivity index (χ3v) is 2.20. The maximum Gasteiger partial charge on any atom is 0.138 e. The summed E-state index contributed by atoms with van der Waals surface area (Å²) in [5.41, 5.74) is 8.10. The summed E-state index contributed by atoms with van der Waals surface area (Å²) in [6.07, 6.45) is 2.81. The van der Waals surface area contributed by atoms with Crippen LogP contribution in [0.4, 0.5) is 8.78 Å². The van der Waals surface area contributed by atoms with E-state index in [0.717, 1.165) is 12.1 Å². The van der Waals surface area contributed by atoms with Gasteiger partial charge in [-0.1, -0.05) is 17.3 Å². The van der Waals surface area contributed by atoms with E-state index in [1.807, 2.05) is 0 Å². The van der Waals surface area contributed by atoms with Gasteiger partial charge in [0.25, 0.3) is 0 Å². The molecule has 0 bridgehead atoms. The minimum Gasteiger partial charge on any atom is -0.206 e. The van der Waals surface area contributed by atoms with Crippen molar-refractivity contribution in [3.05, 3.63) is 50.3 Å². The van der Waals surface area contributed by atoms with E-state index in [1.54, 1.807) is 0 Å². The number of azide groups is 1. The summed E-state index contributed by atoms with van der Waals surface area (Å²) in [6.45, 7) is 0.105. The molecular formula is C9H6BrF2N3. The van der Waals surface area contributed by atoms with Crippen molar-refractivity contribution in [3.8, 4) is 0 Å². The Labute approximate surface area is 93.2 Å². The summed E-state index contributed by atoms with van der Waals surface area (Å²) >= 11 is 2.87. The lowest BCUT2D eigenvalue weighted by Crippen LogP contribution is -1.86. The lowest BCUT2D eigenvalue weighted by molar-refractivity contribution is 0.592. The average molecular weight is 274 g/mol. The van der Waals surface area contributed by atoms with Crippen molar-refractivity contribution in [2.24, 2.45) is 5.11 Å². The maximum absolute atomic E-state index is 13.2. The molecule has 0 amide bonds. The molecule has 0 saturated carbocycles. The zero-order valence-electron chi connectivity index (χ0n) is 7.49. The highest BCUT2D eigenvalue weighted by Gasteiger charge is 2.05. The van der Waals surface area contributed by atoms with Crippen molar-refractivity contribution in [3.63, 3.8) is 0 Å². The van der Waals surface area contributed by atoms with Gasteiger partial charge in [-0.25, -0.2) is 8.78 Å². The highest BCUT2D eigenvalue weighted by molar-refractivity contribution is 9.10. The van der Waals surface area contributed by atoms with Crippen molar-refractivity contribution in [2.75, 3.05) is 6.54 Å². The first-order chi connectivity index (χ1) is 7.15. The van der Waals surface area contributed by atoms with E-state index in [1.165, 1.54) is 12.2 Å². The third-order valence-electron chi connectivity index (χ3n) is 1.59. The standard InChI is InChI=1S/C9H6BrF2N3/c10-7-5-8(11)6(4-9(7)12)2-1-3-14-15-13/h1-2,4-5H,3H2. The lowest BCUT2D eigenvalue weighted by atomic mass is 10.2. The fourth-order valence-electron chi connectivity index (χ4n) is 0.929. The zero-order chi connectivity index (χ0) is 11.3. The zero-order valence-corrected chi connectivity index (χ0v) is 9.08. The molecule has 1 aromatic carbocycles. The predicted molar refractivity (Wildman–Crippen MR) is 57.1 cm³/mol. The molecule has 0 radical (unpaired) electrons. The van der Waals surface area contributed by atoms with Gasteiger partial charge in [0.2, 0.25) is 0 Å². The van der Waals surface area contributed by atoms with Crippen molar-refractivity contribution in [2.45, 2.75) is 0 Å². The highest BCUT2D eigenvalue weighted by Crippen LogP contribution is 2.20. The predicted octanol–water partition coefficient (Wildman–Crippen LogP) is 4.05. The summed E-state index contributed by atoms with van der Waals surface area (Å²) in [5, 5.41) is 3.22. The summed E-state index contributed by atoms with van der Waals surface area (Å²) in [7, 11) is 0. The van der Waals surface area contributed by atoms with Gasteiger partial charge in [0, 0.05) is 17.0 Å². The summed E-state index contributed by atoms with van der Waals surface area (Å²) in [6, 6.07) is 2.11. The fourth-order valence-corrected chi connectivity index (χ4v) is 1.24. The number of benzene rings is 1. The van der Waals surface area contributed by atoms with Crippen LogP contribution in [0.25, 0.3) is 16.5 Å². The molecule has 0 fully saturated rings. The molecule has 0 saturated heterocycles. The summed E-state index contributed by atoms with van der Waals surface area (Å²) in [4.78, 5) is 2.52. The average Bonchev–Trinajstić information content (AvgIpc) is 2.20. The monoisotopic (exact) mass is 273 g/mol. The van der Waals surface area contributed by atoms with Gasteiger partial charge in [0.1, 0.15) is 11.6 Å². The highest BCUT2D eigenvalue weighted by atomic mass is 79.9. The van der Waals surface area contributed by atoms with Crippen molar-refractivity contribution < 1.29 is 8.78 Å². The SMILES string of the molecule is [N-]=[N+]=NCC=Cc1cc(F)c(Br)cc1F. The third kappa shape index (κ3) is 3.34. The molecule has 3 nitrogen and oxygen atoms in total. The second-order valence-corrected chi connectivity index (χ2v) is 3.46. The van der Waals surface area contributed by atoms with E-state index >= 15 is 0 Å². The molecule has 0 aromatic heterocycles. The summed E-state index contributed by atoms with van der Waals surface area (Å²) < 4.78 is 26.3. The largest absolute Gasteiger partial charge is 0.206 e. The minimum atomic E-state index is -0.542. The first-order valence-corrected chi connectivity index (χ1v) is 4.76. The Hall–Kier alpha value is -1.39. The van der Waals surface area contributed by atoms with E-state index in [4.69, 9.17) is 5.53 Å². The Kier molecular flexibility index (Phi) is 4.27. The molecule has 0 unspecified atom stereocenters. The Bertz CT molecular complexity index is 439. The molecule has 78 valence electrons. The van der Waals surface area contributed by atoms with Gasteiger partial charge < -0.3 is 0 Å². The Morgan fingerprint density at radius 3 is 2.80 bits per heavy atom. The second-order valence-electron chi connectivity index (χ2n) is 2.60. The molecule has 0 heterocycles. The fraction of sp³-hybridized carbons (Fsp3) is 0.111. The van der Waals surface area contributed by atoms with Crippen LogP contribution in [-0.4, -0.2) is 6.54 Å². The molecular weight excluding hydrogens is 268 g/mol. The van der Waals surface area contributed by atoms with Gasteiger partial charge in [-0.2, -0.15) is 0 Å². The van der Waals surface area contributed by atoms with Gasteiger partial charge in [-0.3, -0.25) is 0 Å². The number of rotatable bonds is 3.